The minimum absolute atomic E-state index is 0.230. The fraction of sp³-hybridized carbons (Fsp3) is 0.367. The summed E-state index contributed by atoms with van der Waals surface area (Å²) >= 11 is 0. The smallest absolute Gasteiger partial charge is 0.330 e. The van der Waals surface area contributed by atoms with Crippen molar-refractivity contribution in [2.75, 3.05) is 6.61 Å². The van der Waals surface area contributed by atoms with E-state index in [1.165, 1.54) is 51.0 Å². The van der Waals surface area contributed by atoms with Gasteiger partial charge in [-0.3, -0.25) is 0 Å². The van der Waals surface area contributed by atoms with E-state index in [4.69, 9.17) is 4.74 Å². The van der Waals surface area contributed by atoms with E-state index in [-0.39, 0.29) is 11.7 Å². The number of carbonyl (C=O) groups excluding carboxylic acids is 1. The molecule has 0 fully saturated rings. The number of phenols is 1. The third kappa shape index (κ3) is 18.2. The van der Waals surface area contributed by atoms with Crippen molar-refractivity contribution in [3.8, 4) is 5.75 Å². The molecule has 0 atom stereocenters. The predicted octanol–water partition coefficient (Wildman–Crippen LogP) is 7.96. The third-order valence-electron chi connectivity index (χ3n) is 4.91. The molecule has 3 nitrogen and oxygen atoms in total. The molecule has 0 spiro atoms. The van der Waals surface area contributed by atoms with Crippen LogP contribution in [0.4, 0.5) is 0 Å². The molecule has 33 heavy (non-hydrogen) atoms. The van der Waals surface area contributed by atoms with E-state index < -0.39 is 0 Å². The van der Waals surface area contributed by atoms with Crippen LogP contribution in [0, 0.1) is 0 Å². The minimum atomic E-state index is -0.368. The van der Waals surface area contributed by atoms with Gasteiger partial charge in [-0.1, -0.05) is 124 Å². The molecule has 3 heteroatoms. The molecule has 0 bridgehead atoms. The summed E-state index contributed by atoms with van der Waals surface area (Å²) in [5.74, 6) is -0.138. The lowest BCUT2D eigenvalue weighted by molar-refractivity contribution is -0.137. The standard InChI is InChI=1S/C30H40O3/c1-2-3-4-5-6-7-8-9-10-11-12-13-14-15-16-17-18-19-20-21-30(32)33-27-26-28-22-24-29(31)25-23-28/h10-25,31H,2-9,26-27H2,1H3. The first-order valence-corrected chi connectivity index (χ1v) is 12.2. The highest BCUT2D eigenvalue weighted by atomic mass is 16.5. The highest BCUT2D eigenvalue weighted by Gasteiger charge is 1.98. The number of phenolic OH excluding ortho intramolecular Hbond substituents is 1. The summed E-state index contributed by atoms with van der Waals surface area (Å²) in [5, 5.41) is 9.24. The summed E-state index contributed by atoms with van der Waals surface area (Å²) < 4.78 is 5.15. The van der Waals surface area contributed by atoms with Gasteiger partial charge in [0, 0.05) is 12.5 Å². The fourth-order valence-corrected chi connectivity index (χ4v) is 3.02. The molecule has 178 valence electrons. The van der Waals surface area contributed by atoms with E-state index in [0.29, 0.717) is 13.0 Å². The van der Waals surface area contributed by atoms with Crippen LogP contribution in [0.3, 0.4) is 0 Å². The van der Waals surface area contributed by atoms with Gasteiger partial charge in [0.15, 0.2) is 0 Å². The Bertz CT molecular complexity index is 792. The van der Waals surface area contributed by atoms with Crippen molar-refractivity contribution in [3.63, 3.8) is 0 Å². The lowest BCUT2D eigenvalue weighted by Gasteiger charge is -2.02. The molecule has 0 saturated heterocycles. The van der Waals surface area contributed by atoms with Crippen molar-refractivity contribution in [1.29, 1.82) is 0 Å². The number of esters is 1. The zero-order valence-corrected chi connectivity index (χ0v) is 20.1. The molecule has 1 aromatic rings. The lowest BCUT2D eigenvalue weighted by Crippen LogP contribution is -2.04. The van der Waals surface area contributed by atoms with Gasteiger partial charge in [0.2, 0.25) is 0 Å². The second-order valence-corrected chi connectivity index (χ2v) is 7.82. The topological polar surface area (TPSA) is 46.5 Å². The van der Waals surface area contributed by atoms with Crippen molar-refractivity contribution < 1.29 is 14.6 Å². The molecule has 0 aliphatic carbocycles. The number of carbonyl (C=O) groups is 1. The monoisotopic (exact) mass is 448 g/mol. The van der Waals surface area contributed by atoms with Crippen LogP contribution in [0.25, 0.3) is 0 Å². The maximum Gasteiger partial charge on any atom is 0.330 e. The summed E-state index contributed by atoms with van der Waals surface area (Å²) in [6, 6.07) is 6.87. The molecule has 0 aliphatic heterocycles. The Kier molecular flexibility index (Phi) is 17.6. The lowest BCUT2D eigenvalue weighted by atomic mass is 10.1. The first-order valence-electron chi connectivity index (χ1n) is 12.2. The van der Waals surface area contributed by atoms with Crippen LogP contribution in [0.15, 0.2) is 97.2 Å². The molecule has 1 N–H and O–H groups in total. The Morgan fingerprint density at radius 1 is 0.758 bits per heavy atom. The Hall–Kier alpha value is -3.07. The molecule has 0 unspecified atom stereocenters. The van der Waals surface area contributed by atoms with Gasteiger partial charge in [0.25, 0.3) is 0 Å². The van der Waals surface area contributed by atoms with E-state index in [1.807, 2.05) is 48.6 Å². The molecule has 1 aromatic carbocycles. The first kappa shape index (κ1) is 28.0. The van der Waals surface area contributed by atoms with E-state index in [2.05, 4.69) is 25.2 Å². The molecule has 0 heterocycles. The van der Waals surface area contributed by atoms with Gasteiger partial charge in [-0.15, -0.1) is 0 Å². The predicted molar refractivity (Wildman–Crippen MR) is 140 cm³/mol. The Labute approximate surface area is 200 Å². The number of aromatic hydroxyl groups is 1. The fourth-order valence-electron chi connectivity index (χ4n) is 3.02. The second kappa shape index (κ2) is 20.8. The van der Waals surface area contributed by atoms with Gasteiger partial charge >= 0.3 is 5.97 Å². The van der Waals surface area contributed by atoms with Gasteiger partial charge in [0.1, 0.15) is 5.75 Å². The zero-order valence-electron chi connectivity index (χ0n) is 20.1. The van der Waals surface area contributed by atoms with Gasteiger partial charge < -0.3 is 9.84 Å². The molecule has 1 rings (SSSR count). The number of hydrogen-bond donors (Lipinski definition) is 1. The molecule has 0 aliphatic rings. The molecular formula is C30H40O3. The second-order valence-electron chi connectivity index (χ2n) is 7.82. The van der Waals surface area contributed by atoms with Crippen molar-refractivity contribution in [3.05, 3.63) is 103 Å². The quantitative estimate of drug-likeness (QED) is 0.114. The van der Waals surface area contributed by atoms with Crippen LogP contribution < -0.4 is 0 Å². The highest BCUT2D eigenvalue weighted by molar-refractivity contribution is 5.82. The maximum absolute atomic E-state index is 11.6. The Morgan fingerprint density at radius 2 is 1.30 bits per heavy atom. The van der Waals surface area contributed by atoms with Gasteiger partial charge in [0.05, 0.1) is 6.61 Å². The summed E-state index contributed by atoms with van der Waals surface area (Å²) in [7, 11) is 0. The van der Waals surface area contributed by atoms with E-state index in [1.54, 1.807) is 24.3 Å². The average Bonchev–Trinajstić information content (AvgIpc) is 2.82. The van der Waals surface area contributed by atoms with Crippen LogP contribution in [-0.2, 0) is 16.0 Å². The van der Waals surface area contributed by atoms with Crippen LogP contribution in [0.1, 0.15) is 63.9 Å². The van der Waals surface area contributed by atoms with E-state index in [0.717, 1.165) is 12.0 Å². The van der Waals surface area contributed by atoms with Crippen LogP contribution in [-0.4, -0.2) is 17.7 Å². The van der Waals surface area contributed by atoms with Crippen LogP contribution in [0.5, 0.6) is 5.75 Å². The van der Waals surface area contributed by atoms with Crippen molar-refractivity contribution in [1.82, 2.24) is 0 Å². The third-order valence-corrected chi connectivity index (χ3v) is 4.91. The van der Waals surface area contributed by atoms with Crippen molar-refractivity contribution in [2.24, 2.45) is 0 Å². The summed E-state index contributed by atoms with van der Waals surface area (Å²) in [6.45, 7) is 2.57. The number of benzene rings is 1. The van der Waals surface area contributed by atoms with Crippen LogP contribution in [0.2, 0.25) is 0 Å². The summed E-state index contributed by atoms with van der Waals surface area (Å²) in [4.78, 5) is 11.6. The number of allylic oxidation sites excluding steroid dienone is 11. The first-order chi connectivity index (χ1) is 16.2. The van der Waals surface area contributed by atoms with Crippen molar-refractivity contribution >= 4 is 5.97 Å². The highest BCUT2D eigenvalue weighted by Crippen LogP contribution is 2.10. The molecule has 0 amide bonds. The van der Waals surface area contributed by atoms with Gasteiger partial charge in [-0.2, -0.15) is 0 Å². The minimum Gasteiger partial charge on any atom is -0.508 e. The Morgan fingerprint density at radius 3 is 1.94 bits per heavy atom. The molecular weight excluding hydrogens is 408 g/mol. The number of unbranched alkanes of at least 4 members (excludes halogenated alkanes) is 7. The number of hydrogen-bond acceptors (Lipinski definition) is 3. The van der Waals surface area contributed by atoms with E-state index in [9.17, 15) is 9.90 Å². The largest absolute Gasteiger partial charge is 0.508 e. The van der Waals surface area contributed by atoms with Crippen LogP contribution >= 0.6 is 0 Å². The summed E-state index contributed by atoms with van der Waals surface area (Å²) in [6.07, 6.45) is 34.2. The number of ether oxygens (including phenoxy) is 1. The Balaban J connectivity index is 2.05. The maximum atomic E-state index is 11.6. The molecule has 0 radical (unpaired) electrons. The van der Waals surface area contributed by atoms with E-state index >= 15 is 0 Å². The van der Waals surface area contributed by atoms with Gasteiger partial charge in [-0.05, 0) is 30.5 Å². The molecule has 0 aromatic heterocycles. The zero-order chi connectivity index (χ0) is 23.8. The summed E-state index contributed by atoms with van der Waals surface area (Å²) in [5.41, 5.74) is 1.01. The average molecular weight is 449 g/mol. The van der Waals surface area contributed by atoms with Gasteiger partial charge in [-0.25, -0.2) is 4.79 Å². The normalized spacial score (nSPS) is 12.5. The number of rotatable bonds is 17. The molecule has 0 saturated carbocycles. The SMILES string of the molecule is CCCCCCCCCC=CC=CC=CC=CC=CC=CC(=O)OCCc1ccc(O)cc1. The van der Waals surface area contributed by atoms with Crippen molar-refractivity contribution in [2.45, 2.75) is 64.7 Å².